The zero-order valence-corrected chi connectivity index (χ0v) is 7.44. The first-order chi connectivity index (χ1) is 6.36. The molecule has 1 amide bonds. The van der Waals surface area contributed by atoms with Gasteiger partial charge in [0, 0.05) is 13.1 Å². The van der Waals surface area contributed by atoms with Crippen molar-refractivity contribution in [3.05, 3.63) is 30.3 Å². The predicted octanol–water partition coefficient (Wildman–Crippen LogP) is 0.842. The van der Waals surface area contributed by atoms with Crippen molar-refractivity contribution in [3.63, 3.8) is 0 Å². The fourth-order valence-corrected chi connectivity index (χ4v) is 1.32. The second kappa shape index (κ2) is 3.65. The summed E-state index contributed by atoms with van der Waals surface area (Å²) in [5.41, 5.74) is 0.986. The lowest BCUT2D eigenvalue weighted by Crippen LogP contribution is -2.46. The zero-order valence-electron chi connectivity index (χ0n) is 7.44. The first-order valence-electron chi connectivity index (χ1n) is 4.55. The smallest absolute Gasteiger partial charge is 0.271 e. The topological polar surface area (TPSA) is 20.3 Å². The van der Waals surface area contributed by atoms with Crippen molar-refractivity contribution in [1.82, 2.24) is 4.90 Å². The number of carbonyl (C=O) groups excluding carboxylic acids is 1. The van der Waals surface area contributed by atoms with Crippen molar-refractivity contribution in [2.75, 3.05) is 13.1 Å². The molecule has 0 aromatic heterocycles. The van der Waals surface area contributed by atoms with E-state index in [1.165, 1.54) is 0 Å². The maximum atomic E-state index is 11.5. The zero-order chi connectivity index (χ0) is 9.10. The Morgan fingerprint density at radius 2 is 1.92 bits per heavy atom. The van der Waals surface area contributed by atoms with Gasteiger partial charge in [-0.15, -0.1) is 0 Å². The summed E-state index contributed by atoms with van der Waals surface area (Å²) in [6.45, 7) is 1.84. The normalized spacial score (nSPS) is 14.9. The summed E-state index contributed by atoms with van der Waals surface area (Å²) in [4.78, 5) is 13.3. The van der Waals surface area contributed by atoms with Crippen LogP contribution in [0.1, 0.15) is 6.42 Å². The van der Waals surface area contributed by atoms with Crippen LogP contribution < -0.4 is 5.46 Å². The van der Waals surface area contributed by atoms with E-state index in [0.717, 1.165) is 25.0 Å². The number of carbonyl (C=O) groups is 1. The Morgan fingerprint density at radius 1 is 1.23 bits per heavy atom. The molecule has 3 heteroatoms. The van der Waals surface area contributed by atoms with Gasteiger partial charge >= 0.3 is 0 Å². The molecular weight excluding hydrogens is 161 g/mol. The number of rotatable bonds is 2. The highest BCUT2D eigenvalue weighted by molar-refractivity contribution is 6.83. The first-order valence-corrected chi connectivity index (χ1v) is 4.55. The average Bonchev–Trinajstić information content (AvgIpc) is 2.02. The molecule has 0 atom stereocenters. The van der Waals surface area contributed by atoms with Crippen LogP contribution in [0.3, 0.4) is 0 Å². The molecule has 1 aromatic rings. The number of nitrogens with zero attached hydrogens (tertiary/aromatic N) is 1. The summed E-state index contributed by atoms with van der Waals surface area (Å²) in [7, 11) is 1.69. The fourth-order valence-electron chi connectivity index (χ4n) is 1.32. The predicted molar refractivity (Wildman–Crippen MR) is 53.4 cm³/mol. The average molecular weight is 172 g/mol. The Kier molecular flexibility index (Phi) is 2.34. The van der Waals surface area contributed by atoms with Gasteiger partial charge in [0.15, 0.2) is 5.81 Å². The minimum Gasteiger partial charge on any atom is -0.351 e. The highest BCUT2D eigenvalue weighted by atomic mass is 16.2. The SMILES string of the molecule is O=C([B]c1ccccc1)N1CCC1. The molecule has 0 N–H and O–H groups in total. The van der Waals surface area contributed by atoms with Crippen LogP contribution in [-0.2, 0) is 0 Å². The lowest BCUT2D eigenvalue weighted by atomic mass is 9.68. The lowest BCUT2D eigenvalue weighted by Gasteiger charge is -2.31. The molecule has 0 unspecified atom stereocenters. The third kappa shape index (κ3) is 1.91. The highest BCUT2D eigenvalue weighted by Gasteiger charge is 2.20. The Bertz CT molecular complexity index is 295. The van der Waals surface area contributed by atoms with E-state index in [4.69, 9.17) is 0 Å². The number of benzene rings is 1. The van der Waals surface area contributed by atoms with Gasteiger partial charge in [0.1, 0.15) is 0 Å². The Balaban J connectivity index is 1.94. The molecule has 0 aliphatic carbocycles. The molecule has 1 radical (unpaired) electrons. The van der Waals surface area contributed by atoms with Crippen LogP contribution in [0.4, 0.5) is 4.79 Å². The van der Waals surface area contributed by atoms with E-state index in [1.807, 2.05) is 35.2 Å². The van der Waals surface area contributed by atoms with Gasteiger partial charge in [-0.1, -0.05) is 35.8 Å². The molecule has 0 spiro atoms. The summed E-state index contributed by atoms with van der Waals surface area (Å²) in [6, 6.07) is 9.71. The largest absolute Gasteiger partial charge is 0.351 e. The van der Waals surface area contributed by atoms with Gasteiger partial charge in [0.25, 0.3) is 7.28 Å². The number of hydrogen-bond acceptors (Lipinski definition) is 1. The van der Waals surface area contributed by atoms with E-state index in [2.05, 4.69) is 0 Å². The molecule has 2 rings (SSSR count). The molecule has 1 saturated heterocycles. The van der Waals surface area contributed by atoms with Crippen molar-refractivity contribution >= 4 is 18.5 Å². The summed E-state index contributed by atoms with van der Waals surface area (Å²) in [5.74, 6) is 0.137. The molecule has 1 aliphatic heterocycles. The van der Waals surface area contributed by atoms with Crippen molar-refractivity contribution in [3.8, 4) is 0 Å². The third-order valence-corrected chi connectivity index (χ3v) is 2.26. The van der Waals surface area contributed by atoms with Crippen LogP contribution in [0.2, 0.25) is 0 Å². The molecule has 1 aliphatic rings. The van der Waals surface area contributed by atoms with E-state index >= 15 is 0 Å². The molecule has 2 nitrogen and oxygen atoms in total. The third-order valence-electron chi connectivity index (χ3n) is 2.26. The van der Waals surface area contributed by atoms with Crippen LogP contribution in [0.5, 0.6) is 0 Å². The second-order valence-electron chi connectivity index (χ2n) is 3.23. The van der Waals surface area contributed by atoms with Crippen molar-refractivity contribution in [2.45, 2.75) is 6.42 Å². The molecule has 1 fully saturated rings. The first kappa shape index (κ1) is 8.36. The van der Waals surface area contributed by atoms with Crippen LogP contribution >= 0.6 is 0 Å². The van der Waals surface area contributed by atoms with Gasteiger partial charge in [0.2, 0.25) is 0 Å². The van der Waals surface area contributed by atoms with Gasteiger partial charge in [-0.05, 0) is 6.42 Å². The van der Waals surface area contributed by atoms with Gasteiger partial charge in [0.05, 0.1) is 0 Å². The quantitative estimate of drug-likeness (QED) is 0.605. The van der Waals surface area contributed by atoms with Crippen LogP contribution in [-0.4, -0.2) is 31.1 Å². The molecule has 0 bridgehead atoms. The summed E-state index contributed by atoms with van der Waals surface area (Å²) in [5, 5.41) is 0. The van der Waals surface area contributed by atoms with Crippen LogP contribution in [0, 0.1) is 0 Å². The summed E-state index contributed by atoms with van der Waals surface area (Å²) in [6.07, 6.45) is 1.15. The van der Waals surface area contributed by atoms with E-state index in [9.17, 15) is 4.79 Å². The van der Waals surface area contributed by atoms with Crippen molar-refractivity contribution in [1.29, 1.82) is 0 Å². The maximum absolute atomic E-state index is 11.5. The van der Waals surface area contributed by atoms with Gasteiger partial charge in [-0.2, -0.15) is 0 Å². The Labute approximate surface area is 78.8 Å². The van der Waals surface area contributed by atoms with E-state index in [0.29, 0.717) is 0 Å². The minimum atomic E-state index is 0.137. The monoisotopic (exact) mass is 172 g/mol. The number of likely N-dealkylation sites (tertiary alicyclic amines) is 1. The molecule has 1 heterocycles. The van der Waals surface area contributed by atoms with Gasteiger partial charge < -0.3 is 4.90 Å². The lowest BCUT2D eigenvalue weighted by molar-refractivity contribution is 0.190. The Morgan fingerprint density at radius 3 is 2.46 bits per heavy atom. The van der Waals surface area contributed by atoms with E-state index in [-0.39, 0.29) is 5.81 Å². The van der Waals surface area contributed by atoms with E-state index < -0.39 is 0 Å². The molecule has 0 saturated carbocycles. The molecule has 65 valence electrons. The fraction of sp³-hybridized carbons (Fsp3) is 0.300. The van der Waals surface area contributed by atoms with Crippen LogP contribution in [0.15, 0.2) is 30.3 Å². The van der Waals surface area contributed by atoms with Crippen molar-refractivity contribution in [2.24, 2.45) is 0 Å². The second-order valence-corrected chi connectivity index (χ2v) is 3.23. The molecular formula is C10H11BNO. The highest BCUT2D eigenvalue weighted by Crippen LogP contribution is 2.05. The van der Waals surface area contributed by atoms with Crippen molar-refractivity contribution < 1.29 is 4.79 Å². The molecule has 13 heavy (non-hydrogen) atoms. The standard InChI is InChI=1S/C10H11BNO/c13-10(12-7-4-8-12)11-9-5-2-1-3-6-9/h1-3,5-6H,4,7-8H2. The number of hydrogen-bond donors (Lipinski definition) is 0. The number of amides is 1. The summed E-state index contributed by atoms with van der Waals surface area (Å²) >= 11 is 0. The van der Waals surface area contributed by atoms with Gasteiger partial charge in [-0.3, -0.25) is 4.79 Å². The minimum absolute atomic E-state index is 0.137. The molecule has 1 aromatic carbocycles. The van der Waals surface area contributed by atoms with Crippen LogP contribution in [0.25, 0.3) is 0 Å². The summed E-state index contributed by atoms with van der Waals surface area (Å²) < 4.78 is 0. The maximum Gasteiger partial charge on any atom is 0.271 e. The Hall–Kier alpha value is -1.25. The van der Waals surface area contributed by atoms with Gasteiger partial charge in [-0.25, -0.2) is 0 Å². The van der Waals surface area contributed by atoms with E-state index in [1.54, 1.807) is 7.28 Å².